The molecule has 0 fully saturated rings. The van der Waals surface area contributed by atoms with Crippen LogP contribution in [0.5, 0.6) is 0 Å². The van der Waals surface area contributed by atoms with Gasteiger partial charge in [-0.25, -0.2) is 9.13 Å². The molecular weight excluding hydrogens is 1280 g/mol. The Balaban J connectivity index is 5.40. The molecule has 98 heavy (non-hydrogen) atoms. The third kappa shape index (κ3) is 70.4. The van der Waals surface area contributed by atoms with Crippen molar-refractivity contribution in [3.8, 4) is 0 Å². The molecule has 0 aromatic rings. The van der Waals surface area contributed by atoms with E-state index in [2.05, 4.69) is 101 Å². The van der Waals surface area contributed by atoms with Crippen LogP contribution in [0, 0.1) is 0 Å². The van der Waals surface area contributed by atoms with E-state index in [1.54, 1.807) is 6.08 Å². The zero-order chi connectivity index (χ0) is 71.8. The van der Waals surface area contributed by atoms with Crippen LogP contribution in [0.3, 0.4) is 0 Å². The number of phosphoric acid groups is 2. The van der Waals surface area contributed by atoms with Crippen LogP contribution in [0.4, 0.5) is 0 Å². The Morgan fingerprint density at radius 1 is 0.306 bits per heavy atom. The molecule has 17 nitrogen and oxygen atoms in total. The number of hydrogen-bond donors (Lipinski definition) is 3. The van der Waals surface area contributed by atoms with Crippen molar-refractivity contribution >= 4 is 39.5 Å². The van der Waals surface area contributed by atoms with Crippen molar-refractivity contribution in [2.75, 3.05) is 39.6 Å². The Morgan fingerprint density at radius 2 is 0.592 bits per heavy atom. The highest BCUT2D eigenvalue weighted by atomic mass is 31.2. The number of rotatable bonds is 72. The van der Waals surface area contributed by atoms with Crippen molar-refractivity contribution < 1.29 is 80.2 Å². The standard InChI is InChI=1S/C79H138O17P2/c1-5-9-13-17-21-25-29-33-36-40-43-47-51-55-59-63-76(81)89-69-74(95-78(83)65-61-57-53-49-45-39-32-28-24-20-16-12-8-4)71-93-97(85,86)91-67-73(80)68-92-98(87,88)94-72-75(96-79(84)66-62-58-54-50-46-42-38-35-31-27-23-19-15-11-7-3)70-90-77(82)64-60-56-52-48-44-41-37-34-30-26-22-18-14-10-6-2/h10,14,16,20,22,26,28,32,34-35,37-38,44,48,56,60,73-75,80H,5-9,11-13,15,17-19,21,23-25,27,29-31,33,36,39-43,45-47,49-55,57-59,61-72H2,1-4H3,(H,85,86)(H,87,88)/b14-10-,20-16-,26-22-,32-28-,37-34-,38-35-,48-44-,60-56-. The van der Waals surface area contributed by atoms with Crippen molar-refractivity contribution in [2.24, 2.45) is 0 Å². The van der Waals surface area contributed by atoms with E-state index in [0.29, 0.717) is 25.7 Å². The number of carbonyl (C=O) groups excluding carboxylic acids is 4. The first kappa shape index (κ1) is 94.0. The summed E-state index contributed by atoms with van der Waals surface area (Å²) in [7, 11) is -9.97. The summed E-state index contributed by atoms with van der Waals surface area (Å²) in [4.78, 5) is 72.8. The van der Waals surface area contributed by atoms with E-state index in [1.165, 1.54) is 109 Å². The third-order valence-corrected chi connectivity index (χ3v) is 17.9. The Morgan fingerprint density at radius 3 is 0.959 bits per heavy atom. The van der Waals surface area contributed by atoms with Crippen LogP contribution in [-0.2, 0) is 65.4 Å². The van der Waals surface area contributed by atoms with E-state index in [-0.39, 0.29) is 25.7 Å². The van der Waals surface area contributed by atoms with Gasteiger partial charge in [0.15, 0.2) is 12.2 Å². The van der Waals surface area contributed by atoms with E-state index >= 15 is 0 Å². The van der Waals surface area contributed by atoms with Crippen LogP contribution in [0.15, 0.2) is 97.2 Å². The molecule has 0 aliphatic heterocycles. The monoisotopic (exact) mass is 1420 g/mol. The van der Waals surface area contributed by atoms with Gasteiger partial charge in [-0.05, 0) is 103 Å². The number of ether oxygens (including phenoxy) is 4. The summed E-state index contributed by atoms with van der Waals surface area (Å²) in [6, 6.07) is 0. The van der Waals surface area contributed by atoms with Crippen LogP contribution < -0.4 is 0 Å². The molecule has 0 radical (unpaired) electrons. The highest BCUT2D eigenvalue weighted by Crippen LogP contribution is 2.45. The highest BCUT2D eigenvalue weighted by molar-refractivity contribution is 7.47. The number of esters is 4. The maximum Gasteiger partial charge on any atom is 0.472 e. The molecule has 0 spiro atoms. The second kappa shape index (κ2) is 71.4. The lowest BCUT2D eigenvalue weighted by molar-refractivity contribution is -0.161. The molecule has 19 heteroatoms. The van der Waals surface area contributed by atoms with E-state index in [0.717, 1.165) is 135 Å². The lowest BCUT2D eigenvalue weighted by atomic mass is 10.0. The quantitative estimate of drug-likeness (QED) is 0.0169. The van der Waals surface area contributed by atoms with Gasteiger partial charge in [0.1, 0.15) is 19.3 Å². The van der Waals surface area contributed by atoms with Gasteiger partial charge in [-0.15, -0.1) is 0 Å². The maximum absolute atomic E-state index is 13.1. The second-order valence-corrected chi connectivity index (χ2v) is 28.5. The first-order chi connectivity index (χ1) is 47.7. The van der Waals surface area contributed by atoms with Crippen LogP contribution >= 0.6 is 15.6 Å². The summed E-state index contributed by atoms with van der Waals surface area (Å²) in [6.07, 6.45) is 74.3. The van der Waals surface area contributed by atoms with Crippen molar-refractivity contribution in [1.29, 1.82) is 0 Å². The predicted molar refractivity (Wildman–Crippen MR) is 399 cm³/mol. The Labute approximate surface area is 595 Å². The fourth-order valence-corrected chi connectivity index (χ4v) is 11.8. The number of hydrogen-bond acceptors (Lipinski definition) is 15. The first-order valence-corrected chi connectivity index (χ1v) is 41.5. The van der Waals surface area contributed by atoms with Gasteiger partial charge in [-0.2, -0.15) is 0 Å². The zero-order valence-electron chi connectivity index (χ0n) is 61.7. The minimum atomic E-state index is -4.99. The van der Waals surface area contributed by atoms with E-state index in [1.807, 2.05) is 18.2 Å². The first-order valence-electron chi connectivity index (χ1n) is 38.5. The summed E-state index contributed by atoms with van der Waals surface area (Å²) in [5, 5.41) is 10.6. The van der Waals surface area contributed by atoms with Crippen molar-refractivity contribution in [3.05, 3.63) is 97.2 Å². The van der Waals surface area contributed by atoms with E-state index < -0.39 is 97.5 Å². The molecule has 0 rings (SSSR count). The molecule has 0 amide bonds. The number of aliphatic hydroxyl groups is 1. The number of aliphatic hydroxyl groups excluding tert-OH is 1. The number of phosphoric ester groups is 2. The molecule has 3 N–H and O–H groups in total. The number of unbranched alkanes of at least 4 members (excludes halogenated alkanes) is 31. The van der Waals surface area contributed by atoms with E-state index in [9.17, 15) is 43.2 Å². The molecule has 0 aliphatic carbocycles. The zero-order valence-corrected chi connectivity index (χ0v) is 63.5. The molecule has 0 aromatic heterocycles. The van der Waals surface area contributed by atoms with Gasteiger partial charge in [0.25, 0.3) is 0 Å². The predicted octanol–water partition coefficient (Wildman–Crippen LogP) is 22.0. The van der Waals surface area contributed by atoms with Crippen LogP contribution in [-0.4, -0.2) is 96.7 Å². The van der Waals surface area contributed by atoms with Crippen molar-refractivity contribution in [2.45, 2.75) is 341 Å². The van der Waals surface area contributed by atoms with Gasteiger partial charge in [0, 0.05) is 19.3 Å². The maximum atomic E-state index is 13.1. The van der Waals surface area contributed by atoms with Gasteiger partial charge >= 0.3 is 39.5 Å². The molecule has 5 atom stereocenters. The van der Waals surface area contributed by atoms with Crippen LogP contribution in [0.2, 0.25) is 0 Å². The summed E-state index contributed by atoms with van der Waals surface area (Å²) < 4.78 is 68.3. The number of allylic oxidation sites excluding steroid dienone is 15. The highest BCUT2D eigenvalue weighted by Gasteiger charge is 2.30. The van der Waals surface area contributed by atoms with Crippen LogP contribution in [0.1, 0.15) is 323 Å². The lowest BCUT2D eigenvalue weighted by Gasteiger charge is -2.21. The van der Waals surface area contributed by atoms with Crippen molar-refractivity contribution in [1.82, 2.24) is 0 Å². The summed E-state index contributed by atoms with van der Waals surface area (Å²) in [5.41, 5.74) is 0. The SMILES string of the molecule is CC/C=C\C/C=C\C/C=C\C/C=C\C/C=C\CC(=O)OCC(COP(=O)(O)OCC(O)COP(=O)(O)OCC(COC(=O)CCCCCCCCCCCCCCCCC)OC(=O)CCCCCCC/C=C\C/C=C\CCC)OC(=O)CCCCCCC/C=C\CCCCCCCC. The summed E-state index contributed by atoms with van der Waals surface area (Å²) in [6.45, 7) is 4.58. The average Bonchev–Trinajstić information content (AvgIpc) is 1.04. The molecule has 566 valence electrons. The minimum absolute atomic E-state index is 0.0658. The van der Waals surface area contributed by atoms with Crippen molar-refractivity contribution in [3.63, 3.8) is 0 Å². The Bertz CT molecular complexity index is 2240. The van der Waals surface area contributed by atoms with Crippen LogP contribution in [0.25, 0.3) is 0 Å². The molecule has 5 unspecified atom stereocenters. The smallest absolute Gasteiger partial charge is 0.462 e. The van der Waals surface area contributed by atoms with Gasteiger partial charge in [-0.3, -0.25) is 37.3 Å². The summed E-state index contributed by atoms with van der Waals surface area (Å²) >= 11 is 0. The van der Waals surface area contributed by atoms with Gasteiger partial charge in [0.2, 0.25) is 0 Å². The topological polar surface area (TPSA) is 237 Å². The largest absolute Gasteiger partial charge is 0.472 e. The lowest BCUT2D eigenvalue weighted by Crippen LogP contribution is -2.30. The molecule has 0 aromatic carbocycles. The molecule has 0 bridgehead atoms. The normalized spacial score (nSPS) is 14.5. The molecular formula is C79H138O17P2. The molecule has 0 saturated heterocycles. The summed E-state index contributed by atoms with van der Waals surface area (Å²) in [5.74, 6) is -2.33. The second-order valence-electron chi connectivity index (χ2n) is 25.6. The van der Waals surface area contributed by atoms with Gasteiger partial charge in [0.05, 0.1) is 32.8 Å². The minimum Gasteiger partial charge on any atom is -0.462 e. The fourth-order valence-electron chi connectivity index (χ4n) is 10.2. The van der Waals surface area contributed by atoms with Gasteiger partial charge in [-0.1, -0.05) is 292 Å². The Kier molecular flexibility index (Phi) is 68.4. The molecule has 0 aliphatic rings. The molecule has 0 saturated carbocycles. The van der Waals surface area contributed by atoms with E-state index in [4.69, 9.17) is 37.0 Å². The number of carbonyl (C=O) groups is 4. The third-order valence-electron chi connectivity index (χ3n) is 16.0. The van der Waals surface area contributed by atoms with Gasteiger partial charge < -0.3 is 33.8 Å². The Hall–Kier alpha value is -4.02. The molecule has 0 heterocycles. The average molecular weight is 1420 g/mol. The fraction of sp³-hybridized carbons (Fsp3) is 0.747.